The van der Waals surface area contributed by atoms with Crippen LogP contribution in [-0.2, 0) is 14.4 Å². The molecule has 0 amide bonds. The number of rotatable bonds is 3. The Bertz CT molecular complexity index is 327. The van der Waals surface area contributed by atoms with Crippen LogP contribution < -0.4 is 5.73 Å². The van der Waals surface area contributed by atoms with Crippen LogP contribution in [0.25, 0.3) is 0 Å². The fourth-order valence-electron chi connectivity index (χ4n) is 1.87. The van der Waals surface area contributed by atoms with Gasteiger partial charge in [-0.2, -0.15) is 0 Å². The average molecular weight is 217 g/mol. The minimum atomic E-state index is -1.98. The molecule has 0 heterocycles. The molecule has 15 heavy (non-hydrogen) atoms. The summed E-state index contributed by atoms with van der Waals surface area (Å²) in [6.45, 7) is 0. The molecule has 1 fully saturated rings. The van der Waals surface area contributed by atoms with Gasteiger partial charge in [0.15, 0.2) is 0 Å². The molecule has 0 spiro atoms. The summed E-state index contributed by atoms with van der Waals surface area (Å²) in [7, 11) is 0. The lowest BCUT2D eigenvalue weighted by Crippen LogP contribution is -2.53. The quantitative estimate of drug-likeness (QED) is 0.473. The van der Waals surface area contributed by atoms with Crippen molar-refractivity contribution in [2.24, 2.45) is 17.6 Å². The van der Waals surface area contributed by atoms with Gasteiger partial charge in [-0.3, -0.25) is 14.4 Å². The predicted molar refractivity (Wildman–Crippen MR) is 46.0 cm³/mol. The summed E-state index contributed by atoms with van der Waals surface area (Å²) < 4.78 is 0. The van der Waals surface area contributed by atoms with Crippen LogP contribution >= 0.6 is 0 Å². The maximum Gasteiger partial charge on any atom is 0.324 e. The molecule has 0 bridgehead atoms. The molecule has 0 aromatic carbocycles. The van der Waals surface area contributed by atoms with Crippen LogP contribution in [-0.4, -0.2) is 38.8 Å². The van der Waals surface area contributed by atoms with Crippen molar-refractivity contribution >= 4 is 17.9 Å². The molecule has 1 aliphatic rings. The van der Waals surface area contributed by atoms with Crippen molar-refractivity contribution in [1.29, 1.82) is 0 Å². The van der Waals surface area contributed by atoms with E-state index < -0.39 is 35.3 Å². The number of carbonyl (C=O) groups is 3. The zero-order chi connectivity index (χ0) is 11.8. The van der Waals surface area contributed by atoms with Gasteiger partial charge in [-0.05, 0) is 12.8 Å². The van der Waals surface area contributed by atoms with Gasteiger partial charge in [-0.15, -0.1) is 0 Å². The van der Waals surface area contributed by atoms with E-state index >= 15 is 0 Å². The predicted octanol–water partition coefficient (Wildman–Crippen LogP) is -1.04. The normalized spacial score (nSPS) is 35.0. The Balaban J connectivity index is 3.00. The summed E-state index contributed by atoms with van der Waals surface area (Å²) >= 11 is 0. The zero-order valence-corrected chi connectivity index (χ0v) is 7.71. The third kappa shape index (κ3) is 1.78. The van der Waals surface area contributed by atoms with E-state index in [2.05, 4.69) is 0 Å². The summed E-state index contributed by atoms with van der Waals surface area (Å²) in [6, 6.07) is 0. The van der Waals surface area contributed by atoms with Gasteiger partial charge in [0.1, 0.15) is 5.54 Å². The Morgan fingerprint density at radius 3 is 1.93 bits per heavy atom. The van der Waals surface area contributed by atoms with Crippen molar-refractivity contribution in [3.63, 3.8) is 0 Å². The first-order chi connectivity index (χ1) is 6.79. The van der Waals surface area contributed by atoms with E-state index in [0.717, 1.165) is 0 Å². The van der Waals surface area contributed by atoms with E-state index in [1.807, 2.05) is 0 Å². The minimum Gasteiger partial charge on any atom is -0.481 e. The van der Waals surface area contributed by atoms with E-state index in [-0.39, 0.29) is 12.8 Å². The summed E-state index contributed by atoms with van der Waals surface area (Å²) in [4.78, 5) is 32.2. The van der Waals surface area contributed by atoms with Gasteiger partial charge in [0.05, 0.1) is 11.8 Å². The highest BCUT2D eigenvalue weighted by molar-refractivity contribution is 5.89. The Labute approximate surface area is 84.5 Å². The molecule has 0 radical (unpaired) electrons. The minimum absolute atomic E-state index is 0.243. The first-order valence-corrected chi connectivity index (χ1v) is 4.27. The number of hydrogen-bond acceptors (Lipinski definition) is 4. The fourth-order valence-corrected chi connectivity index (χ4v) is 1.87. The van der Waals surface area contributed by atoms with Crippen molar-refractivity contribution < 1.29 is 29.7 Å². The maximum absolute atomic E-state index is 10.8. The highest BCUT2D eigenvalue weighted by Crippen LogP contribution is 2.38. The number of hydrogen-bond donors (Lipinski definition) is 4. The van der Waals surface area contributed by atoms with E-state index in [1.165, 1.54) is 0 Å². The number of aliphatic carboxylic acids is 3. The van der Waals surface area contributed by atoms with Gasteiger partial charge in [0.25, 0.3) is 0 Å². The Morgan fingerprint density at radius 2 is 1.67 bits per heavy atom. The lowest BCUT2D eigenvalue weighted by molar-refractivity contribution is -0.153. The molecule has 7 heteroatoms. The summed E-state index contributed by atoms with van der Waals surface area (Å²) in [6.07, 6.45) is -0.595. The van der Waals surface area contributed by atoms with Crippen molar-refractivity contribution in [2.75, 3.05) is 0 Å². The van der Waals surface area contributed by atoms with Gasteiger partial charge >= 0.3 is 17.9 Å². The molecule has 3 atom stereocenters. The second kappa shape index (κ2) is 3.50. The van der Waals surface area contributed by atoms with Gasteiger partial charge in [-0.25, -0.2) is 0 Å². The van der Waals surface area contributed by atoms with Crippen LogP contribution in [0.3, 0.4) is 0 Å². The Kier molecular flexibility index (Phi) is 2.67. The molecule has 0 aromatic heterocycles. The van der Waals surface area contributed by atoms with Crippen LogP contribution in [0, 0.1) is 11.8 Å². The molecule has 1 saturated carbocycles. The van der Waals surface area contributed by atoms with Crippen LogP contribution in [0.1, 0.15) is 12.8 Å². The second-order valence-corrected chi connectivity index (χ2v) is 3.71. The van der Waals surface area contributed by atoms with E-state index in [0.29, 0.717) is 0 Å². The van der Waals surface area contributed by atoms with Crippen molar-refractivity contribution in [3.8, 4) is 0 Å². The summed E-state index contributed by atoms with van der Waals surface area (Å²) in [5.74, 6) is -6.42. The largest absolute Gasteiger partial charge is 0.481 e. The molecular formula is C8H11NO6. The second-order valence-electron chi connectivity index (χ2n) is 3.71. The van der Waals surface area contributed by atoms with Crippen LogP contribution in [0.5, 0.6) is 0 Å². The summed E-state index contributed by atoms with van der Waals surface area (Å²) in [5, 5.41) is 26.3. The first kappa shape index (κ1) is 11.4. The molecule has 1 aliphatic carbocycles. The fraction of sp³-hybridized carbons (Fsp3) is 0.625. The van der Waals surface area contributed by atoms with Gasteiger partial charge in [-0.1, -0.05) is 0 Å². The zero-order valence-electron chi connectivity index (χ0n) is 7.71. The van der Waals surface area contributed by atoms with E-state index in [1.54, 1.807) is 0 Å². The number of carboxylic acid groups (broad SMARTS) is 3. The molecule has 0 saturated heterocycles. The molecule has 0 unspecified atom stereocenters. The number of nitrogens with two attached hydrogens (primary N) is 1. The first-order valence-electron chi connectivity index (χ1n) is 4.27. The molecule has 84 valence electrons. The molecule has 0 aromatic rings. The van der Waals surface area contributed by atoms with Gasteiger partial charge in [0.2, 0.25) is 0 Å². The van der Waals surface area contributed by atoms with Crippen molar-refractivity contribution in [3.05, 3.63) is 0 Å². The summed E-state index contributed by atoms with van der Waals surface area (Å²) in [5.41, 5.74) is 3.45. The topological polar surface area (TPSA) is 138 Å². The van der Waals surface area contributed by atoms with Gasteiger partial charge in [0, 0.05) is 0 Å². The van der Waals surface area contributed by atoms with Crippen LogP contribution in [0.15, 0.2) is 0 Å². The Hall–Kier alpha value is -1.63. The molecule has 1 rings (SSSR count). The SMILES string of the molecule is N[C@]1(C(=O)O)C[C@@H](C(=O)O)C[C@H]1C(=O)O. The Morgan fingerprint density at radius 1 is 1.13 bits per heavy atom. The number of carboxylic acids is 3. The highest BCUT2D eigenvalue weighted by Gasteiger charge is 2.55. The standard InChI is InChI=1S/C8H11NO6/c9-8(7(14)15)2-3(5(10)11)1-4(8)6(12)13/h3-4H,1-2,9H2,(H,10,11)(H,12,13)(H,14,15)/t3-,4-,8+/m0/s1. The van der Waals surface area contributed by atoms with Crippen molar-refractivity contribution in [2.45, 2.75) is 18.4 Å². The maximum atomic E-state index is 10.8. The van der Waals surface area contributed by atoms with Crippen molar-refractivity contribution in [1.82, 2.24) is 0 Å². The van der Waals surface area contributed by atoms with Crippen LogP contribution in [0.4, 0.5) is 0 Å². The average Bonchev–Trinajstić information content (AvgIpc) is 2.44. The van der Waals surface area contributed by atoms with E-state index in [4.69, 9.17) is 21.1 Å². The molecule has 0 aliphatic heterocycles. The monoisotopic (exact) mass is 217 g/mol. The smallest absolute Gasteiger partial charge is 0.324 e. The third-order valence-corrected chi connectivity index (χ3v) is 2.77. The molecular weight excluding hydrogens is 206 g/mol. The van der Waals surface area contributed by atoms with Crippen LogP contribution in [0.2, 0.25) is 0 Å². The highest BCUT2D eigenvalue weighted by atomic mass is 16.4. The van der Waals surface area contributed by atoms with Gasteiger partial charge < -0.3 is 21.1 Å². The molecule has 5 N–H and O–H groups in total. The lowest BCUT2D eigenvalue weighted by Gasteiger charge is -2.22. The lowest BCUT2D eigenvalue weighted by atomic mass is 9.88. The molecule has 7 nitrogen and oxygen atoms in total. The third-order valence-electron chi connectivity index (χ3n) is 2.77. The van der Waals surface area contributed by atoms with E-state index in [9.17, 15) is 14.4 Å².